The molecule has 0 radical (unpaired) electrons. The van der Waals surface area contributed by atoms with Gasteiger partial charge in [-0.15, -0.1) is 0 Å². The molecule has 0 aromatic heterocycles. The summed E-state index contributed by atoms with van der Waals surface area (Å²) in [5.74, 6) is -2.57. The van der Waals surface area contributed by atoms with Crippen molar-refractivity contribution in [2.24, 2.45) is 17.8 Å². The van der Waals surface area contributed by atoms with Crippen LogP contribution in [0.5, 0.6) is 0 Å². The molecule has 1 heterocycles. The Hall–Kier alpha value is -3.11. The monoisotopic (exact) mass is 603 g/mol. The topological polar surface area (TPSA) is 90.9 Å². The van der Waals surface area contributed by atoms with E-state index in [-0.39, 0.29) is 60.1 Å². The smallest absolute Gasteiger partial charge is 0.406 e. The number of alkyl carbamates (subject to hydrolysis) is 1. The van der Waals surface area contributed by atoms with Gasteiger partial charge in [0.2, 0.25) is 5.91 Å². The Labute approximate surface area is 252 Å². The average molecular weight is 604 g/mol. The van der Waals surface area contributed by atoms with Crippen molar-refractivity contribution in [3.63, 3.8) is 0 Å². The van der Waals surface area contributed by atoms with Crippen molar-refractivity contribution in [3.8, 4) is 11.1 Å². The quantitative estimate of drug-likeness (QED) is 0.305. The summed E-state index contributed by atoms with van der Waals surface area (Å²) in [5.41, 5.74) is -2.47. The Balaban J connectivity index is 1.69. The van der Waals surface area contributed by atoms with Crippen LogP contribution in [0.15, 0.2) is 30.3 Å². The summed E-state index contributed by atoms with van der Waals surface area (Å²) >= 11 is 0. The lowest BCUT2D eigenvalue weighted by Gasteiger charge is -2.44. The predicted molar refractivity (Wildman–Crippen MR) is 159 cm³/mol. The summed E-state index contributed by atoms with van der Waals surface area (Å²) in [6, 6.07) is 6.74. The Morgan fingerprint density at radius 1 is 1.07 bits per heavy atom. The van der Waals surface area contributed by atoms with Gasteiger partial charge in [-0.2, -0.15) is 0 Å². The van der Waals surface area contributed by atoms with E-state index in [9.17, 15) is 14.7 Å². The molecule has 2 aromatic carbocycles. The number of carbonyl (C=O) groups is 2. The number of aliphatic hydroxyl groups is 1. The van der Waals surface area contributed by atoms with Crippen LogP contribution >= 0.6 is 0 Å². The van der Waals surface area contributed by atoms with E-state index in [1.54, 1.807) is 11.0 Å². The molecule has 2 fully saturated rings. The molecule has 1 saturated carbocycles. The number of nitrogens with zero attached hydrogens (tertiary/aromatic N) is 1. The van der Waals surface area contributed by atoms with E-state index in [2.05, 4.69) is 10.6 Å². The lowest BCUT2D eigenvalue weighted by Crippen LogP contribution is -2.50. The molecule has 236 valence electrons. The van der Waals surface area contributed by atoms with E-state index in [0.717, 1.165) is 38.3 Å². The van der Waals surface area contributed by atoms with Crippen molar-refractivity contribution in [3.05, 3.63) is 58.9 Å². The van der Waals surface area contributed by atoms with E-state index in [4.69, 9.17) is 4.74 Å². The number of nitrogens with one attached hydrogen (secondary N) is 2. The standard InChI is InChI=1S/C33H44F3N3O4/c1-21-28(35)18-26(29(30(21)36)25-9-4-5-10-27(25)34)33(42,15-7-17-43-32(41)38-3)24-8-6-16-39(20-24)31(40)23-13-11-22(12-14-23)19-37-2/h4-5,9-10,18,22-24,37,42H,6-8,11-17,19-20H2,1-3H3,(H,38,41)/t22?,23?,24-,33+/m1/s1. The Kier molecular flexibility index (Phi) is 11.1. The third-order valence-electron chi connectivity index (χ3n) is 9.29. The minimum atomic E-state index is -1.84. The number of piperidine rings is 1. The summed E-state index contributed by atoms with van der Waals surface area (Å²) in [5, 5.41) is 18.1. The van der Waals surface area contributed by atoms with Gasteiger partial charge in [0.25, 0.3) is 0 Å². The van der Waals surface area contributed by atoms with Crippen molar-refractivity contribution in [2.75, 3.05) is 40.3 Å². The third kappa shape index (κ3) is 7.34. The summed E-state index contributed by atoms with van der Waals surface area (Å²) < 4.78 is 51.4. The molecule has 2 amide bonds. The molecule has 10 heteroatoms. The van der Waals surface area contributed by atoms with Crippen molar-refractivity contribution in [2.45, 2.75) is 63.9 Å². The largest absolute Gasteiger partial charge is 0.450 e. The first kappa shape index (κ1) is 32.8. The Morgan fingerprint density at radius 2 is 1.79 bits per heavy atom. The molecular weight excluding hydrogens is 559 g/mol. The van der Waals surface area contributed by atoms with Gasteiger partial charge in [-0.1, -0.05) is 18.2 Å². The second-order valence-electron chi connectivity index (χ2n) is 12.0. The molecule has 0 bridgehead atoms. The van der Waals surface area contributed by atoms with Gasteiger partial charge in [0.15, 0.2) is 0 Å². The molecule has 2 aliphatic rings. The lowest BCUT2D eigenvalue weighted by molar-refractivity contribution is -0.142. The molecule has 4 rings (SSSR count). The van der Waals surface area contributed by atoms with Gasteiger partial charge in [-0.3, -0.25) is 4.79 Å². The fourth-order valence-corrected chi connectivity index (χ4v) is 6.85. The Bertz CT molecular complexity index is 1280. The van der Waals surface area contributed by atoms with Crippen molar-refractivity contribution in [1.29, 1.82) is 0 Å². The van der Waals surface area contributed by atoms with E-state index in [1.807, 2.05) is 7.05 Å². The first-order chi connectivity index (χ1) is 20.6. The van der Waals surface area contributed by atoms with Gasteiger partial charge in [0, 0.05) is 48.7 Å². The number of likely N-dealkylation sites (tertiary alicyclic amines) is 1. The van der Waals surface area contributed by atoms with Gasteiger partial charge in [-0.25, -0.2) is 18.0 Å². The number of carbonyl (C=O) groups excluding carboxylic acids is 2. The van der Waals surface area contributed by atoms with Crippen molar-refractivity contribution >= 4 is 12.0 Å². The number of rotatable bonds is 10. The first-order valence-corrected chi connectivity index (χ1v) is 15.3. The Morgan fingerprint density at radius 3 is 2.47 bits per heavy atom. The molecule has 0 spiro atoms. The molecule has 1 aliphatic heterocycles. The maximum Gasteiger partial charge on any atom is 0.406 e. The van der Waals surface area contributed by atoms with Crippen LogP contribution in [-0.2, 0) is 15.1 Å². The number of amides is 2. The molecule has 0 unspecified atom stereocenters. The van der Waals surface area contributed by atoms with Crippen LogP contribution in [0.4, 0.5) is 18.0 Å². The SMILES string of the molecule is CNCC1CCC(C(=O)N2CCC[C@@H]([C@@](O)(CCCOC(=O)NC)c3cc(F)c(C)c(F)c3-c3ccccc3F)C2)CC1. The molecule has 7 nitrogen and oxygen atoms in total. The fourth-order valence-electron chi connectivity index (χ4n) is 6.85. The van der Waals surface area contributed by atoms with Crippen LogP contribution in [0.3, 0.4) is 0 Å². The maximum atomic E-state index is 15.9. The second-order valence-corrected chi connectivity index (χ2v) is 12.0. The van der Waals surface area contributed by atoms with Crippen LogP contribution in [0.1, 0.15) is 62.5 Å². The highest BCUT2D eigenvalue weighted by Crippen LogP contribution is 2.46. The number of benzene rings is 2. The second kappa shape index (κ2) is 14.6. The molecule has 1 saturated heterocycles. The zero-order valence-corrected chi connectivity index (χ0v) is 25.4. The van der Waals surface area contributed by atoms with E-state index in [1.165, 1.54) is 32.2 Å². The molecule has 1 aliphatic carbocycles. The zero-order chi connectivity index (χ0) is 31.1. The number of halogens is 3. The highest BCUT2D eigenvalue weighted by atomic mass is 19.1. The van der Waals surface area contributed by atoms with E-state index < -0.39 is 35.1 Å². The van der Waals surface area contributed by atoms with Crippen molar-refractivity contribution < 1.29 is 32.6 Å². The van der Waals surface area contributed by atoms with Crippen LogP contribution < -0.4 is 10.6 Å². The van der Waals surface area contributed by atoms with E-state index >= 15 is 13.2 Å². The van der Waals surface area contributed by atoms with Crippen molar-refractivity contribution in [1.82, 2.24) is 15.5 Å². The minimum absolute atomic E-state index is 0.0186. The summed E-state index contributed by atoms with van der Waals surface area (Å²) in [7, 11) is 3.36. The normalized spacial score (nSPS) is 22.1. The third-order valence-corrected chi connectivity index (χ3v) is 9.29. The number of ether oxygens (including phenoxy) is 1. The lowest BCUT2D eigenvalue weighted by atomic mass is 9.71. The fraction of sp³-hybridized carbons (Fsp3) is 0.576. The van der Waals surface area contributed by atoms with Crippen LogP contribution in [0, 0.1) is 42.1 Å². The average Bonchev–Trinajstić information content (AvgIpc) is 3.02. The summed E-state index contributed by atoms with van der Waals surface area (Å²) in [4.78, 5) is 27.1. The van der Waals surface area contributed by atoms with Gasteiger partial charge in [0.05, 0.1) is 12.2 Å². The maximum absolute atomic E-state index is 15.9. The predicted octanol–water partition coefficient (Wildman–Crippen LogP) is 5.67. The van der Waals surface area contributed by atoms with Crippen LogP contribution in [-0.4, -0.2) is 62.3 Å². The molecule has 43 heavy (non-hydrogen) atoms. The van der Waals surface area contributed by atoms with E-state index in [0.29, 0.717) is 25.3 Å². The zero-order valence-electron chi connectivity index (χ0n) is 25.4. The van der Waals surface area contributed by atoms with Crippen LogP contribution in [0.25, 0.3) is 11.1 Å². The molecule has 3 N–H and O–H groups in total. The highest BCUT2D eigenvalue weighted by molar-refractivity contribution is 5.79. The van der Waals surface area contributed by atoms with Crippen LogP contribution in [0.2, 0.25) is 0 Å². The van der Waals surface area contributed by atoms with Gasteiger partial charge < -0.3 is 25.4 Å². The number of hydrogen-bond donors (Lipinski definition) is 3. The summed E-state index contributed by atoms with van der Waals surface area (Å²) in [6.45, 7) is 2.91. The number of hydrogen-bond acceptors (Lipinski definition) is 5. The molecular formula is C33H44F3N3O4. The molecule has 2 atom stereocenters. The summed E-state index contributed by atoms with van der Waals surface area (Å²) in [6.07, 6.45) is 4.18. The highest BCUT2D eigenvalue weighted by Gasteiger charge is 2.45. The first-order valence-electron chi connectivity index (χ1n) is 15.3. The van der Waals surface area contributed by atoms with Gasteiger partial charge >= 0.3 is 6.09 Å². The van der Waals surface area contributed by atoms with Gasteiger partial charge in [0.1, 0.15) is 17.5 Å². The minimum Gasteiger partial charge on any atom is -0.450 e. The van der Waals surface area contributed by atoms with Gasteiger partial charge in [-0.05, 0) is 95.5 Å². The molecule has 2 aromatic rings.